The van der Waals surface area contributed by atoms with Crippen LogP contribution in [0.25, 0.3) is 10.2 Å². The summed E-state index contributed by atoms with van der Waals surface area (Å²) in [6, 6.07) is 7.89. The van der Waals surface area contributed by atoms with Crippen molar-refractivity contribution < 1.29 is 14.3 Å². The summed E-state index contributed by atoms with van der Waals surface area (Å²) in [7, 11) is 0. The van der Waals surface area contributed by atoms with Crippen molar-refractivity contribution in [1.29, 1.82) is 0 Å². The zero-order chi connectivity index (χ0) is 14.2. The first-order chi connectivity index (χ1) is 9.57. The quantitative estimate of drug-likeness (QED) is 0.642. The number of thioether (sulfide) groups is 1. The fourth-order valence-corrected chi connectivity index (χ4v) is 4.18. The van der Waals surface area contributed by atoms with E-state index in [4.69, 9.17) is 4.74 Å². The van der Waals surface area contributed by atoms with E-state index in [9.17, 15) is 9.59 Å². The van der Waals surface area contributed by atoms with Crippen molar-refractivity contribution in [3.05, 3.63) is 24.3 Å². The Morgan fingerprint density at radius 2 is 2.30 bits per heavy atom. The number of carbonyl (C=O) groups is 2. The second-order valence-corrected chi connectivity index (χ2v) is 7.12. The summed E-state index contributed by atoms with van der Waals surface area (Å²) in [4.78, 5) is 27.8. The number of Topliss-reactive ketones (excluding diaryl/α,β-unsaturated/α-hetero) is 1. The number of thiazole rings is 1. The van der Waals surface area contributed by atoms with Gasteiger partial charge in [-0.3, -0.25) is 9.59 Å². The van der Waals surface area contributed by atoms with Gasteiger partial charge in [-0.2, -0.15) is 0 Å². The maximum Gasteiger partial charge on any atom is 0.306 e. The van der Waals surface area contributed by atoms with Crippen molar-refractivity contribution in [3.8, 4) is 0 Å². The van der Waals surface area contributed by atoms with Crippen molar-refractivity contribution >= 4 is 45.1 Å². The molecule has 1 atom stereocenters. The minimum absolute atomic E-state index is 0.0485. The lowest BCUT2D eigenvalue weighted by atomic mass is 9.98. The van der Waals surface area contributed by atoms with Gasteiger partial charge in [-0.15, -0.1) is 11.3 Å². The highest BCUT2D eigenvalue weighted by Crippen LogP contribution is 2.32. The summed E-state index contributed by atoms with van der Waals surface area (Å²) in [6.45, 7) is 1.69. The Labute approximate surface area is 124 Å². The highest BCUT2D eigenvalue weighted by atomic mass is 32.2. The molecule has 3 rings (SSSR count). The summed E-state index contributed by atoms with van der Waals surface area (Å²) in [5.41, 5.74) is 0.00627. The Kier molecular flexibility index (Phi) is 3.52. The Bertz CT molecular complexity index is 649. The first-order valence-corrected chi connectivity index (χ1v) is 8.10. The Morgan fingerprint density at radius 1 is 1.50 bits per heavy atom. The van der Waals surface area contributed by atoms with Gasteiger partial charge in [0.2, 0.25) is 0 Å². The molecular weight excluding hydrogens is 294 g/mol. The maximum atomic E-state index is 12.2. The minimum atomic E-state index is -0.944. The molecule has 0 amide bonds. The fourth-order valence-electron chi connectivity index (χ4n) is 2.08. The van der Waals surface area contributed by atoms with Crippen LogP contribution < -0.4 is 0 Å². The largest absolute Gasteiger partial charge is 0.451 e. The number of cyclic esters (lactones) is 1. The summed E-state index contributed by atoms with van der Waals surface area (Å²) in [5, 5.41) is 0. The van der Waals surface area contributed by atoms with Gasteiger partial charge in [-0.25, -0.2) is 4.98 Å². The molecule has 1 fully saturated rings. The maximum absolute atomic E-state index is 12.2. The molecule has 0 aliphatic carbocycles. The predicted molar refractivity (Wildman–Crippen MR) is 79.1 cm³/mol. The van der Waals surface area contributed by atoms with Gasteiger partial charge in [0.15, 0.2) is 15.7 Å². The van der Waals surface area contributed by atoms with Crippen LogP contribution in [0.15, 0.2) is 28.6 Å². The number of esters is 1. The minimum Gasteiger partial charge on any atom is -0.451 e. The predicted octanol–water partition coefficient (Wildman–Crippen LogP) is 3.05. The van der Waals surface area contributed by atoms with E-state index in [0.29, 0.717) is 12.8 Å². The second kappa shape index (κ2) is 5.18. The molecule has 2 aromatic rings. The molecule has 0 saturated carbocycles. The van der Waals surface area contributed by atoms with Gasteiger partial charge in [0.05, 0.1) is 16.0 Å². The number of rotatable bonds is 4. The van der Waals surface area contributed by atoms with E-state index < -0.39 is 5.60 Å². The molecule has 1 aromatic carbocycles. The second-order valence-electron chi connectivity index (χ2n) is 4.86. The lowest BCUT2D eigenvalue weighted by Gasteiger charge is -2.19. The standard InChI is InChI=1S/C14H13NO3S2/c1-14(7-6-12(17)18-14)11(16)8-19-13-15-9-4-2-3-5-10(9)20-13/h2-5H,6-8H2,1H3/t14-/m1/s1. The molecule has 0 N–H and O–H groups in total. The first kappa shape index (κ1) is 13.6. The Morgan fingerprint density at radius 3 is 3.00 bits per heavy atom. The number of hydrogen-bond acceptors (Lipinski definition) is 6. The normalized spacial score (nSPS) is 22.1. The van der Waals surface area contributed by atoms with Crippen LogP contribution >= 0.6 is 23.1 Å². The van der Waals surface area contributed by atoms with E-state index >= 15 is 0 Å². The molecule has 6 heteroatoms. The van der Waals surface area contributed by atoms with Gasteiger partial charge in [0, 0.05) is 12.8 Å². The van der Waals surface area contributed by atoms with E-state index in [1.165, 1.54) is 11.8 Å². The molecule has 1 aromatic heterocycles. The molecule has 1 aliphatic rings. The number of carbonyl (C=O) groups excluding carboxylic acids is 2. The number of benzene rings is 1. The first-order valence-electron chi connectivity index (χ1n) is 6.30. The van der Waals surface area contributed by atoms with E-state index in [-0.39, 0.29) is 17.5 Å². The molecule has 104 valence electrons. The van der Waals surface area contributed by atoms with Crippen LogP contribution in [0.4, 0.5) is 0 Å². The third kappa shape index (κ3) is 2.58. The average Bonchev–Trinajstić information content (AvgIpc) is 2.99. The highest BCUT2D eigenvalue weighted by Gasteiger charge is 2.42. The van der Waals surface area contributed by atoms with Crippen LogP contribution in [0.2, 0.25) is 0 Å². The Hall–Kier alpha value is -1.40. The van der Waals surface area contributed by atoms with E-state index in [0.717, 1.165) is 14.6 Å². The van der Waals surface area contributed by atoms with Gasteiger partial charge in [0.1, 0.15) is 0 Å². The van der Waals surface area contributed by atoms with Crippen molar-refractivity contribution in [2.24, 2.45) is 0 Å². The molecule has 2 heterocycles. The zero-order valence-corrected chi connectivity index (χ0v) is 12.6. The zero-order valence-electron chi connectivity index (χ0n) is 10.9. The third-order valence-electron chi connectivity index (χ3n) is 3.34. The van der Waals surface area contributed by atoms with Gasteiger partial charge in [0.25, 0.3) is 0 Å². The fraction of sp³-hybridized carbons (Fsp3) is 0.357. The van der Waals surface area contributed by atoms with Crippen molar-refractivity contribution in [1.82, 2.24) is 4.98 Å². The van der Waals surface area contributed by atoms with Crippen LogP contribution in [0.1, 0.15) is 19.8 Å². The number of fused-ring (bicyclic) bond motifs is 1. The molecule has 4 nitrogen and oxygen atoms in total. The summed E-state index contributed by atoms with van der Waals surface area (Å²) in [5.74, 6) is -0.0534. The summed E-state index contributed by atoms with van der Waals surface area (Å²) >= 11 is 2.98. The number of nitrogens with zero attached hydrogens (tertiary/aromatic N) is 1. The van der Waals surface area contributed by atoms with Crippen molar-refractivity contribution in [2.45, 2.75) is 29.7 Å². The van der Waals surface area contributed by atoms with Crippen LogP contribution in [0.3, 0.4) is 0 Å². The molecule has 0 radical (unpaired) electrons. The van der Waals surface area contributed by atoms with Gasteiger partial charge in [-0.05, 0) is 19.1 Å². The number of ketones is 1. The third-order valence-corrected chi connectivity index (χ3v) is 5.52. The average molecular weight is 307 g/mol. The highest BCUT2D eigenvalue weighted by molar-refractivity contribution is 8.01. The van der Waals surface area contributed by atoms with Crippen molar-refractivity contribution in [3.63, 3.8) is 0 Å². The molecule has 0 spiro atoms. The molecular formula is C14H13NO3S2. The van der Waals surface area contributed by atoms with E-state index in [1.807, 2.05) is 24.3 Å². The summed E-state index contributed by atoms with van der Waals surface area (Å²) < 4.78 is 7.12. The number of aromatic nitrogens is 1. The monoisotopic (exact) mass is 307 g/mol. The summed E-state index contributed by atoms with van der Waals surface area (Å²) in [6.07, 6.45) is 0.805. The van der Waals surface area contributed by atoms with Gasteiger partial charge < -0.3 is 4.74 Å². The molecule has 20 heavy (non-hydrogen) atoms. The molecule has 0 bridgehead atoms. The SMILES string of the molecule is C[C@]1(C(=O)CSc2nc3ccccc3s2)CCC(=O)O1. The number of ether oxygens (including phenoxy) is 1. The van der Waals surface area contributed by atoms with E-state index in [2.05, 4.69) is 4.98 Å². The lowest BCUT2D eigenvalue weighted by molar-refractivity contribution is -0.154. The number of hydrogen-bond donors (Lipinski definition) is 0. The van der Waals surface area contributed by atoms with Crippen LogP contribution in [-0.4, -0.2) is 28.1 Å². The van der Waals surface area contributed by atoms with Crippen LogP contribution in [0, 0.1) is 0 Å². The topological polar surface area (TPSA) is 56.3 Å². The Balaban J connectivity index is 1.67. The van der Waals surface area contributed by atoms with Gasteiger partial charge >= 0.3 is 5.97 Å². The lowest BCUT2D eigenvalue weighted by Crippen LogP contribution is -2.36. The molecule has 1 aliphatic heterocycles. The smallest absolute Gasteiger partial charge is 0.306 e. The molecule has 0 unspecified atom stereocenters. The van der Waals surface area contributed by atoms with Crippen LogP contribution in [0.5, 0.6) is 0 Å². The molecule has 1 saturated heterocycles. The van der Waals surface area contributed by atoms with Gasteiger partial charge in [-0.1, -0.05) is 23.9 Å². The van der Waals surface area contributed by atoms with Crippen molar-refractivity contribution in [2.75, 3.05) is 5.75 Å². The number of para-hydroxylation sites is 1. The van der Waals surface area contributed by atoms with E-state index in [1.54, 1.807) is 18.3 Å². The van der Waals surface area contributed by atoms with Crippen LogP contribution in [-0.2, 0) is 14.3 Å².